The standard InChI is InChI=1S/C22H14BrN3/c23-16-11-18-19(13-25-22(18)24-12-16)21-17-9-5-4-8-15(17)10-20(26-21)14-6-2-1-3-7-14/h1-13H,(H,24,25). The average Bonchev–Trinajstić information content (AvgIpc) is 3.10. The van der Waals surface area contributed by atoms with Crippen molar-refractivity contribution in [3.63, 3.8) is 0 Å². The molecule has 0 amide bonds. The third kappa shape index (κ3) is 2.50. The van der Waals surface area contributed by atoms with Crippen LogP contribution in [0.25, 0.3) is 44.3 Å². The van der Waals surface area contributed by atoms with E-state index in [1.54, 1.807) is 6.20 Å². The van der Waals surface area contributed by atoms with Gasteiger partial charge in [-0.05, 0) is 33.4 Å². The quantitative estimate of drug-likeness (QED) is 0.383. The Morgan fingerprint density at radius 2 is 1.65 bits per heavy atom. The summed E-state index contributed by atoms with van der Waals surface area (Å²) in [4.78, 5) is 12.8. The van der Waals surface area contributed by atoms with E-state index in [1.807, 2.05) is 24.4 Å². The molecule has 0 saturated heterocycles. The molecule has 3 heterocycles. The van der Waals surface area contributed by atoms with E-state index in [2.05, 4.69) is 74.4 Å². The van der Waals surface area contributed by atoms with Crippen molar-refractivity contribution in [2.75, 3.05) is 0 Å². The summed E-state index contributed by atoms with van der Waals surface area (Å²) >= 11 is 3.53. The van der Waals surface area contributed by atoms with Gasteiger partial charge >= 0.3 is 0 Å². The largest absolute Gasteiger partial charge is 0.345 e. The van der Waals surface area contributed by atoms with Crippen LogP contribution in [0.5, 0.6) is 0 Å². The number of nitrogens with one attached hydrogen (secondary N) is 1. The fraction of sp³-hybridized carbons (Fsp3) is 0. The van der Waals surface area contributed by atoms with Gasteiger partial charge in [-0.3, -0.25) is 0 Å². The number of halogens is 1. The van der Waals surface area contributed by atoms with Crippen LogP contribution in [0.2, 0.25) is 0 Å². The first-order chi connectivity index (χ1) is 12.8. The van der Waals surface area contributed by atoms with E-state index in [1.165, 1.54) is 5.39 Å². The van der Waals surface area contributed by atoms with Crippen LogP contribution in [-0.4, -0.2) is 15.0 Å². The van der Waals surface area contributed by atoms with Gasteiger partial charge in [-0.2, -0.15) is 0 Å². The second-order valence-corrected chi connectivity index (χ2v) is 7.11. The number of aromatic amines is 1. The molecule has 0 radical (unpaired) electrons. The molecule has 1 N–H and O–H groups in total. The van der Waals surface area contributed by atoms with Crippen LogP contribution < -0.4 is 0 Å². The Morgan fingerprint density at radius 3 is 2.54 bits per heavy atom. The molecule has 2 aromatic carbocycles. The molecular weight excluding hydrogens is 386 g/mol. The van der Waals surface area contributed by atoms with Gasteiger partial charge in [0.2, 0.25) is 0 Å². The molecule has 0 unspecified atom stereocenters. The van der Waals surface area contributed by atoms with Gasteiger partial charge in [-0.15, -0.1) is 0 Å². The molecule has 0 spiro atoms. The van der Waals surface area contributed by atoms with Crippen LogP contribution in [0.1, 0.15) is 0 Å². The average molecular weight is 400 g/mol. The molecule has 0 aliphatic heterocycles. The number of aromatic nitrogens is 3. The number of rotatable bonds is 2. The van der Waals surface area contributed by atoms with Crippen LogP contribution in [0.4, 0.5) is 0 Å². The molecule has 0 fully saturated rings. The highest BCUT2D eigenvalue weighted by molar-refractivity contribution is 9.10. The number of benzene rings is 2. The fourth-order valence-electron chi connectivity index (χ4n) is 3.33. The van der Waals surface area contributed by atoms with Crippen molar-refractivity contribution in [3.8, 4) is 22.5 Å². The normalized spacial score (nSPS) is 11.3. The summed E-state index contributed by atoms with van der Waals surface area (Å²) in [5, 5.41) is 3.36. The summed E-state index contributed by atoms with van der Waals surface area (Å²) in [6, 6.07) is 22.9. The van der Waals surface area contributed by atoms with Crippen LogP contribution in [-0.2, 0) is 0 Å². The van der Waals surface area contributed by atoms with E-state index >= 15 is 0 Å². The first-order valence-electron chi connectivity index (χ1n) is 8.38. The lowest BCUT2D eigenvalue weighted by molar-refractivity contribution is 1.31. The molecule has 0 saturated carbocycles. The maximum atomic E-state index is 5.03. The van der Waals surface area contributed by atoms with E-state index in [4.69, 9.17) is 4.98 Å². The topological polar surface area (TPSA) is 41.6 Å². The summed E-state index contributed by atoms with van der Waals surface area (Å²) in [5.74, 6) is 0. The Morgan fingerprint density at radius 1 is 0.846 bits per heavy atom. The van der Waals surface area contributed by atoms with Crippen molar-refractivity contribution in [3.05, 3.63) is 83.6 Å². The second-order valence-electron chi connectivity index (χ2n) is 6.20. The molecule has 124 valence electrons. The molecule has 0 aliphatic rings. The lowest BCUT2D eigenvalue weighted by atomic mass is 10.0. The number of hydrogen-bond acceptors (Lipinski definition) is 2. The molecule has 0 atom stereocenters. The van der Waals surface area contributed by atoms with Crippen molar-refractivity contribution in [2.45, 2.75) is 0 Å². The van der Waals surface area contributed by atoms with Gasteiger partial charge in [-0.1, -0.05) is 54.6 Å². The third-order valence-corrected chi connectivity index (χ3v) is 5.00. The number of hydrogen-bond donors (Lipinski definition) is 1. The summed E-state index contributed by atoms with van der Waals surface area (Å²) < 4.78 is 0.953. The smallest absolute Gasteiger partial charge is 0.137 e. The highest BCUT2D eigenvalue weighted by Crippen LogP contribution is 2.35. The van der Waals surface area contributed by atoms with Gasteiger partial charge in [-0.25, -0.2) is 9.97 Å². The summed E-state index contributed by atoms with van der Waals surface area (Å²) in [7, 11) is 0. The Kier molecular flexibility index (Phi) is 3.57. The van der Waals surface area contributed by atoms with Crippen LogP contribution >= 0.6 is 15.9 Å². The Hall–Kier alpha value is -2.98. The minimum Gasteiger partial charge on any atom is -0.345 e. The number of nitrogens with zero attached hydrogens (tertiary/aromatic N) is 2. The van der Waals surface area contributed by atoms with Gasteiger partial charge in [0.1, 0.15) is 5.65 Å². The van der Waals surface area contributed by atoms with E-state index in [0.717, 1.165) is 43.4 Å². The summed E-state index contributed by atoms with van der Waals surface area (Å²) in [6.07, 6.45) is 3.79. The number of H-pyrrole nitrogens is 1. The van der Waals surface area contributed by atoms with E-state index in [9.17, 15) is 0 Å². The van der Waals surface area contributed by atoms with E-state index < -0.39 is 0 Å². The zero-order valence-electron chi connectivity index (χ0n) is 13.8. The van der Waals surface area contributed by atoms with Gasteiger partial charge < -0.3 is 4.98 Å². The molecular formula is C22H14BrN3. The van der Waals surface area contributed by atoms with Crippen molar-refractivity contribution in [1.82, 2.24) is 15.0 Å². The monoisotopic (exact) mass is 399 g/mol. The van der Waals surface area contributed by atoms with Crippen molar-refractivity contribution in [1.29, 1.82) is 0 Å². The first kappa shape index (κ1) is 15.3. The molecule has 0 aliphatic carbocycles. The maximum absolute atomic E-state index is 5.03. The molecule has 5 rings (SSSR count). The molecule has 0 bridgehead atoms. The van der Waals surface area contributed by atoms with Crippen molar-refractivity contribution in [2.24, 2.45) is 0 Å². The molecule has 3 nitrogen and oxygen atoms in total. The van der Waals surface area contributed by atoms with Gasteiger partial charge in [0.15, 0.2) is 0 Å². The van der Waals surface area contributed by atoms with Gasteiger partial charge in [0.05, 0.1) is 11.4 Å². The maximum Gasteiger partial charge on any atom is 0.137 e. The summed E-state index contributed by atoms with van der Waals surface area (Å²) in [6.45, 7) is 0. The van der Waals surface area contributed by atoms with Crippen LogP contribution in [0.15, 0.2) is 83.6 Å². The minimum absolute atomic E-state index is 0.860. The van der Waals surface area contributed by atoms with Crippen LogP contribution in [0, 0.1) is 0 Å². The lowest BCUT2D eigenvalue weighted by Crippen LogP contribution is -1.90. The van der Waals surface area contributed by atoms with Crippen molar-refractivity contribution < 1.29 is 0 Å². The molecule has 3 aromatic heterocycles. The fourth-order valence-corrected chi connectivity index (χ4v) is 3.67. The first-order valence-corrected chi connectivity index (χ1v) is 9.17. The molecule has 26 heavy (non-hydrogen) atoms. The van der Waals surface area contributed by atoms with E-state index in [-0.39, 0.29) is 0 Å². The van der Waals surface area contributed by atoms with Crippen LogP contribution in [0.3, 0.4) is 0 Å². The predicted octanol–water partition coefficient (Wildman–Crippen LogP) is 6.21. The predicted molar refractivity (Wildman–Crippen MR) is 110 cm³/mol. The number of fused-ring (bicyclic) bond motifs is 2. The van der Waals surface area contributed by atoms with Gasteiger partial charge in [0.25, 0.3) is 0 Å². The Labute approximate surface area is 158 Å². The second kappa shape index (κ2) is 6.07. The molecule has 5 aromatic rings. The van der Waals surface area contributed by atoms with Crippen molar-refractivity contribution >= 4 is 37.7 Å². The molecule has 4 heteroatoms. The SMILES string of the molecule is Brc1cnc2[nH]cc(-c3nc(-c4ccccc4)cc4ccccc34)c2c1. The van der Waals surface area contributed by atoms with Gasteiger partial charge in [0, 0.05) is 38.8 Å². The Bertz CT molecular complexity index is 1240. The highest BCUT2D eigenvalue weighted by atomic mass is 79.9. The summed E-state index contributed by atoms with van der Waals surface area (Å²) in [5.41, 5.74) is 4.96. The number of pyridine rings is 2. The van der Waals surface area contributed by atoms with E-state index in [0.29, 0.717) is 0 Å². The zero-order chi connectivity index (χ0) is 17.5. The highest BCUT2D eigenvalue weighted by Gasteiger charge is 2.14. The Balaban J connectivity index is 1.85. The lowest BCUT2D eigenvalue weighted by Gasteiger charge is -2.09. The third-order valence-electron chi connectivity index (χ3n) is 4.56. The minimum atomic E-state index is 0.860. The zero-order valence-corrected chi connectivity index (χ0v) is 15.4.